The fourth-order valence-corrected chi connectivity index (χ4v) is 4.97. The third-order valence-corrected chi connectivity index (χ3v) is 7.00. The van der Waals surface area contributed by atoms with E-state index in [9.17, 15) is 4.79 Å². The minimum atomic E-state index is -0.0469. The first-order chi connectivity index (χ1) is 16.4. The second-order valence-electron chi connectivity index (χ2n) is 9.14. The molecule has 1 fully saturated rings. The molecule has 1 saturated heterocycles. The van der Waals surface area contributed by atoms with E-state index in [1.807, 2.05) is 30.3 Å². The quantitative estimate of drug-likeness (QED) is 0.594. The van der Waals surface area contributed by atoms with Gasteiger partial charge in [-0.25, -0.2) is 9.97 Å². The molecule has 1 aromatic heterocycles. The molecule has 2 aliphatic rings. The highest BCUT2D eigenvalue weighted by molar-refractivity contribution is 6.32. The lowest BCUT2D eigenvalue weighted by Crippen LogP contribution is -2.48. The van der Waals surface area contributed by atoms with Gasteiger partial charge in [0.2, 0.25) is 0 Å². The monoisotopic (exact) mass is 476 g/mol. The second-order valence-corrected chi connectivity index (χ2v) is 9.50. The number of hydrogen-bond acceptors (Lipinski definition) is 6. The molecule has 176 valence electrons. The van der Waals surface area contributed by atoms with Crippen LogP contribution in [0.4, 0.5) is 11.5 Å². The Kier molecular flexibility index (Phi) is 6.15. The van der Waals surface area contributed by atoms with Gasteiger partial charge in [-0.05, 0) is 50.1 Å². The number of piperazine rings is 1. The molecular weight excluding hydrogens is 448 g/mol. The Morgan fingerprint density at radius 2 is 1.68 bits per heavy atom. The van der Waals surface area contributed by atoms with E-state index in [2.05, 4.69) is 46.1 Å². The molecule has 0 radical (unpaired) electrons. The molecule has 0 spiro atoms. The number of hydrogen-bond donors (Lipinski definition) is 2. The van der Waals surface area contributed by atoms with Gasteiger partial charge < -0.3 is 16.0 Å². The van der Waals surface area contributed by atoms with E-state index >= 15 is 0 Å². The van der Waals surface area contributed by atoms with Crippen LogP contribution in [-0.2, 0) is 6.42 Å². The molecule has 7 nitrogen and oxygen atoms in total. The zero-order valence-electron chi connectivity index (χ0n) is 19.5. The van der Waals surface area contributed by atoms with Crippen molar-refractivity contribution in [2.24, 2.45) is 0 Å². The molecule has 3 N–H and O–H groups in total. The summed E-state index contributed by atoms with van der Waals surface area (Å²) in [5.74, 6) is 0.225. The number of aromatic nitrogens is 2. The van der Waals surface area contributed by atoms with Crippen molar-refractivity contribution >= 4 is 29.0 Å². The van der Waals surface area contributed by atoms with Crippen LogP contribution in [0.2, 0.25) is 5.15 Å². The standard InChI is InChI=1S/C26H29ClN6O/c1-16(2)32-11-13-33(14-12-32)20-6-3-17(4-7-20)22-24(27)31-25(28)23(30-22)19-5-8-21-18(15-19)9-10-29-26(21)34/h3-8,15-16H,9-14H2,1-2H3,(H2,28,31)(H,29,34). The van der Waals surface area contributed by atoms with Gasteiger partial charge in [0.15, 0.2) is 11.0 Å². The summed E-state index contributed by atoms with van der Waals surface area (Å²) in [5.41, 5.74) is 12.0. The molecule has 2 aliphatic heterocycles. The summed E-state index contributed by atoms with van der Waals surface area (Å²) in [7, 11) is 0. The predicted octanol–water partition coefficient (Wildman–Crippen LogP) is 3.86. The molecule has 3 aromatic rings. The Hall–Kier alpha value is -3.16. The van der Waals surface area contributed by atoms with Crippen LogP contribution in [0, 0.1) is 0 Å². The van der Waals surface area contributed by atoms with Gasteiger partial charge in [-0.3, -0.25) is 9.69 Å². The van der Waals surface area contributed by atoms with Crippen LogP contribution >= 0.6 is 11.6 Å². The number of benzene rings is 2. The summed E-state index contributed by atoms with van der Waals surface area (Å²) >= 11 is 6.47. The van der Waals surface area contributed by atoms with Crippen LogP contribution in [0.5, 0.6) is 0 Å². The van der Waals surface area contributed by atoms with E-state index in [4.69, 9.17) is 22.3 Å². The zero-order valence-corrected chi connectivity index (χ0v) is 20.3. The highest BCUT2D eigenvalue weighted by Crippen LogP contribution is 2.33. The van der Waals surface area contributed by atoms with Gasteiger partial charge in [0.05, 0.1) is 0 Å². The molecule has 0 atom stereocenters. The Morgan fingerprint density at radius 3 is 2.38 bits per heavy atom. The minimum absolute atomic E-state index is 0.0469. The predicted molar refractivity (Wildman–Crippen MR) is 137 cm³/mol. The lowest BCUT2D eigenvalue weighted by Gasteiger charge is -2.38. The molecule has 0 bridgehead atoms. The van der Waals surface area contributed by atoms with Gasteiger partial charge in [-0.15, -0.1) is 0 Å². The lowest BCUT2D eigenvalue weighted by atomic mass is 9.96. The van der Waals surface area contributed by atoms with Gasteiger partial charge in [0, 0.05) is 61.1 Å². The normalized spacial score (nSPS) is 16.5. The van der Waals surface area contributed by atoms with Crippen molar-refractivity contribution < 1.29 is 4.79 Å². The van der Waals surface area contributed by atoms with Gasteiger partial charge in [-0.2, -0.15) is 0 Å². The molecule has 0 unspecified atom stereocenters. The number of nitrogens with two attached hydrogens (primary N) is 1. The Labute approximate surface area is 204 Å². The summed E-state index contributed by atoms with van der Waals surface area (Å²) in [6.45, 7) is 9.29. The van der Waals surface area contributed by atoms with E-state index in [-0.39, 0.29) is 16.9 Å². The number of rotatable bonds is 4. The summed E-state index contributed by atoms with van der Waals surface area (Å²) in [4.78, 5) is 26.2. The summed E-state index contributed by atoms with van der Waals surface area (Å²) in [6.07, 6.45) is 0.773. The van der Waals surface area contributed by atoms with Gasteiger partial charge >= 0.3 is 0 Å². The van der Waals surface area contributed by atoms with E-state index in [1.165, 1.54) is 5.69 Å². The largest absolute Gasteiger partial charge is 0.382 e. The number of nitrogen functional groups attached to an aromatic ring is 1. The SMILES string of the molecule is CC(C)N1CCN(c2ccc(-c3nc(-c4ccc5c(c4)CCNC5=O)c(N)nc3Cl)cc2)CC1. The van der Waals surface area contributed by atoms with E-state index in [1.54, 1.807) is 0 Å². The molecule has 34 heavy (non-hydrogen) atoms. The highest BCUT2D eigenvalue weighted by Gasteiger charge is 2.21. The molecule has 1 amide bonds. The van der Waals surface area contributed by atoms with Crippen LogP contribution in [0.1, 0.15) is 29.8 Å². The maximum Gasteiger partial charge on any atom is 0.251 e. The molecule has 8 heteroatoms. The maximum absolute atomic E-state index is 12.1. The lowest BCUT2D eigenvalue weighted by molar-refractivity contribution is 0.0946. The molecule has 0 aliphatic carbocycles. The maximum atomic E-state index is 12.1. The van der Waals surface area contributed by atoms with Crippen LogP contribution in [0.3, 0.4) is 0 Å². The fraction of sp³-hybridized carbons (Fsp3) is 0.346. The number of halogens is 1. The molecule has 2 aromatic carbocycles. The molecular formula is C26H29ClN6O. The molecule has 0 saturated carbocycles. The Morgan fingerprint density at radius 1 is 0.971 bits per heavy atom. The number of nitrogens with one attached hydrogen (secondary N) is 1. The van der Waals surface area contributed by atoms with E-state index in [0.717, 1.165) is 49.3 Å². The zero-order chi connectivity index (χ0) is 23.8. The van der Waals surface area contributed by atoms with Crippen molar-refractivity contribution in [2.75, 3.05) is 43.4 Å². The molecule has 3 heterocycles. The number of carbonyl (C=O) groups excluding carboxylic acids is 1. The molecule has 5 rings (SSSR count). The number of nitrogens with zero attached hydrogens (tertiary/aromatic N) is 4. The van der Waals surface area contributed by atoms with Crippen LogP contribution in [0.15, 0.2) is 42.5 Å². The van der Waals surface area contributed by atoms with Crippen molar-refractivity contribution in [1.82, 2.24) is 20.2 Å². The third-order valence-electron chi connectivity index (χ3n) is 6.73. The number of anilines is 2. The Bertz CT molecular complexity index is 1220. The number of fused-ring (bicyclic) bond motifs is 1. The van der Waals surface area contributed by atoms with Gasteiger partial charge in [0.1, 0.15) is 11.4 Å². The average Bonchev–Trinajstić information content (AvgIpc) is 2.84. The number of amides is 1. The van der Waals surface area contributed by atoms with Crippen molar-refractivity contribution in [3.63, 3.8) is 0 Å². The van der Waals surface area contributed by atoms with Crippen molar-refractivity contribution in [2.45, 2.75) is 26.3 Å². The van der Waals surface area contributed by atoms with Crippen LogP contribution in [0.25, 0.3) is 22.5 Å². The van der Waals surface area contributed by atoms with E-state index in [0.29, 0.717) is 29.5 Å². The minimum Gasteiger partial charge on any atom is -0.382 e. The topological polar surface area (TPSA) is 87.4 Å². The number of carbonyl (C=O) groups is 1. The Balaban J connectivity index is 1.42. The average molecular weight is 477 g/mol. The van der Waals surface area contributed by atoms with Crippen molar-refractivity contribution in [3.05, 3.63) is 58.7 Å². The third kappa shape index (κ3) is 4.33. The van der Waals surface area contributed by atoms with Gasteiger partial charge in [-0.1, -0.05) is 29.8 Å². The first-order valence-electron chi connectivity index (χ1n) is 11.7. The highest BCUT2D eigenvalue weighted by atomic mass is 35.5. The second kappa shape index (κ2) is 9.24. The summed E-state index contributed by atoms with van der Waals surface area (Å²) < 4.78 is 0. The van der Waals surface area contributed by atoms with Crippen molar-refractivity contribution in [3.8, 4) is 22.5 Å². The fourth-order valence-electron chi connectivity index (χ4n) is 4.72. The van der Waals surface area contributed by atoms with Crippen LogP contribution < -0.4 is 16.0 Å². The summed E-state index contributed by atoms with van der Waals surface area (Å²) in [6, 6.07) is 14.6. The summed E-state index contributed by atoms with van der Waals surface area (Å²) in [5, 5.41) is 3.14. The first-order valence-corrected chi connectivity index (χ1v) is 12.1. The van der Waals surface area contributed by atoms with Crippen LogP contribution in [-0.4, -0.2) is 59.5 Å². The smallest absolute Gasteiger partial charge is 0.251 e. The van der Waals surface area contributed by atoms with Gasteiger partial charge in [0.25, 0.3) is 5.91 Å². The first kappa shape index (κ1) is 22.6. The van der Waals surface area contributed by atoms with E-state index < -0.39 is 0 Å². The van der Waals surface area contributed by atoms with Crippen molar-refractivity contribution in [1.29, 1.82) is 0 Å².